The molecule has 1 N–H and O–H groups in total. The number of nitrogens with zero attached hydrogens (tertiary/aromatic N) is 6. The molecule has 10 nitrogen and oxygen atoms in total. The van der Waals surface area contributed by atoms with Crippen LogP contribution in [0.25, 0.3) is 0 Å². The van der Waals surface area contributed by atoms with Gasteiger partial charge in [-0.1, -0.05) is 12.1 Å². The highest BCUT2D eigenvalue weighted by molar-refractivity contribution is 5.83. The maximum Gasteiger partial charge on any atom is 0.324 e. The summed E-state index contributed by atoms with van der Waals surface area (Å²) in [5.74, 6) is 1.35. The number of hydrogen-bond donors (Lipinski definition) is 1. The molecule has 0 aliphatic carbocycles. The van der Waals surface area contributed by atoms with Gasteiger partial charge in [-0.05, 0) is 12.1 Å². The molecular formula is C17H19N7O3. The Labute approximate surface area is 156 Å². The van der Waals surface area contributed by atoms with Gasteiger partial charge in [-0.2, -0.15) is 25.3 Å². The molecule has 0 spiro atoms. The number of methoxy groups -OCH3 is 1. The number of nitriles is 1. The van der Waals surface area contributed by atoms with Crippen molar-refractivity contribution in [2.24, 2.45) is 5.10 Å². The van der Waals surface area contributed by atoms with Crippen LogP contribution >= 0.6 is 0 Å². The largest absolute Gasteiger partial charge is 0.496 e. The molecule has 3 rings (SSSR count). The fourth-order valence-electron chi connectivity index (χ4n) is 2.39. The Morgan fingerprint density at radius 2 is 2.11 bits per heavy atom. The first-order valence-electron chi connectivity index (χ1n) is 8.31. The zero-order valence-electron chi connectivity index (χ0n) is 14.8. The van der Waals surface area contributed by atoms with Crippen molar-refractivity contribution < 1.29 is 14.2 Å². The van der Waals surface area contributed by atoms with E-state index in [-0.39, 0.29) is 18.6 Å². The van der Waals surface area contributed by atoms with Crippen LogP contribution in [0.4, 0.5) is 11.9 Å². The van der Waals surface area contributed by atoms with Gasteiger partial charge in [0.1, 0.15) is 11.8 Å². The lowest BCUT2D eigenvalue weighted by Crippen LogP contribution is -2.37. The van der Waals surface area contributed by atoms with Gasteiger partial charge in [0.2, 0.25) is 5.95 Å². The second-order valence-electron chi connectivity index (χ2n) is 5.40. The van der Waals surface area contributed by atoms with Crippen molar-refractivity contribution in [1.29, 1.82) is 5.26 Å². The summed E-state index contributed by atoms with van der Waals surface area (Å²) in [6.45, 7) is 2.34. The molecular weight excluding hydrogens is 350 g/mol. The molecule has 1 aromatic heterocycles. The summed E-state index contributed by atoms with van der Waals surface area (Å²) >= 11 is 0. The van der Waals surface area contributed by atoms with E-state index in [0.29, 0.717) is 38.0 Å². The van der Waals surface area contributed by atoms with Crippen LogP contribution in [0.15, 0.2) is 29.4 Å². The molecule has 0 radical (unpaired) electrons. The van der Waals surface area contributed by atoms with Crippen molar-refractivity contribution in [2.75, 3.05) is 50.3 Å². The van der Waals surface area contributed by atoms with Crippen LogP contribution in [0.2, 0.25) is 0 Å². The van der Waals surface area contributed by atoms with Gasteiger partial charge in [0.15, 0.2) is 6.61 Å². The van der Waals surface area contributed by atoms with E-state index in [1.807, 2.05) is 35.2 Å². The van der Waals surface area contributed by atoms with Crippen molar-refractivity contribution in [1.82, 2.24) is 15.0 Å². The average Bonchev–Trinajstić information content (AvgIpc) is 2.73. The molecule has 1 aliphatic heterocycles. The molecule has 1 aromatic carbocycles. The lowest BCUT2D eigenvalue weighted by Gasteiger charge is -2.26. The number of ether oxygens (including phenoxy) is 3. The molecule has 1 saturated heterocycles. The second kappa shape index (κ2) is 9.30. The molecule has 0 unspecified atom stereocenters. The van der Waals surface area contributed by atoms with Gasteiger partial charge in [-0.3, -0.25) is 0 Å². The van der Waals surface area contributed by atoms with E-state index in [1.165, 1.54) is 0 Å². The third-order valence-electron chi connectivity index (χ3n) is 3.67. The monoisotopic (exact) mass is 369 g/mol. The van der Waals surface area contributed by atoms with E-state index in [9.17, 15) is 0 Å². The fourth-order valence-corrected chi connectivity index (χ4v) is 2.39. The van der Waals surface area contributed by atoms with Crippen molar-refractivity contribution in [3.05, 3.63) is 29.8 Å². The molecule has 0 atom stereocenters. The highest BCUT2D eigenvalue weighted by atomic mass is 16.5. The molecule has 0 amide bonds. The van der Waals surface area contributed by atoms with Crippen LogP contribution in [-0.2, 0) is 4.74 Å². The Balaban J connectivity index is 1.78. The number of hydrogen-bond acceptors (Lipinski definition) is 10. The summed E-state index contributed by atoms with van der Waals surface area (Å²) in [6, 6.07) is 9.43. The van der Waals surface area contributed by atoms with Crippen molar-refractivity contribution >= 4 is 18.1 Å². The zero-order valence-corrected chi connectivity index (χ0v) is 14.8. The number of para-hydroxylation sites is 1. The van der Waals surface area contributed by atoms with Crippen LogP contribution in [0.5, 0.6) is 11.8 Å². The number of morpholine rings is 1. The highest BCUT2D eigenvalue weighted by Gasteiger charge is 2.17. The van der Waals surface area contributed by atoms with E-state index in [2.05, 4.69) is 25.5 Å². The van der Waals surface area contributed by atoms with E-state index in [1.54, 1.807) is 13.3 Å². The van der Waals surface area contributed by atoms with E-state index < -0.39 is 0 Å². The number of anilines is 2. The van der Waals surface area contributed by atoms with Crippen LogP contribution in [0.3, 0.4) is 0 Å². The minimum absolute atomic E-state index is 0.0584. The van der Waals surface area contributed by atoms with Crippen LogP contribution in [-0.4, -0.2) is 61.2 Å². The maximum absolute atomic E-state index is 8.71. The van der Waals surface area contributed by atoms with Gasteiger partial charge >= 0.3 is 6.01 Å². The predicted molar refractivity (Wildman–Crippen MR) is 98.2 cm³/mol. The molecule has 1 aliphatic rings. The Morgan fingerprint density at radius 1 is 1.30 bits per heavy atom. The topological polar surface area (TPSA) is 118 Å². The Morgan fingerprint density at radius 3 is 2.89 bits per heavy atom. The number of benzene rings is 1. The lowest BCUT2D eigenvalue weighted by molar-refractivity contribution is 0.122. The van der Waals surface area contributed by atoms with E-state index in [4.69, 9.17) is 19.5 Å². The lowest BCUT2D eigenvalue weighted by atomic mass is 10.2. The second-order valence-corrected chi connectivity index (χ2v) is 5.40. The third-order valence-corrected chi connectivity index (χ3v) is 3.67. The van der Waals surface area contributed by atoms with Crippen LogP contribution in [0, 0.1) is 11.3 Å². The zero-order chi connectivity index (χ0) is 18.9. The van der Waals surface area contributed by atoms with Gasteiger partial charge in [-0.25, -0.2) is 5.43 Å². The number of rotatable bonds is 7. The van der Waals surface area contributed by atoms with Gasteiger partial charge < -0.3 is 19.1 Å². The van der Waals surface area contributed by atoms with Crippen molar-refractivity contribution in [3.63, 3.8) is 0 Å². The molecule has 2 aromatic rings. The molecule has 27 heavy (non-hydrogen) atoms. The first-order valence-corrected chi connectivity index (χ1v) is 8.31. The Hall–Kier alpha value is -3.45. The molecule has 2 heterocycles. The first-order chi connectivity index (χ1) is 13.3. The third kappa shape index (κ3) is 5.02. The molecule has 0 saturated carbocycles. The normalized spacial score (nSPS) is 14.0. The minimum Gasteiger partial charge on any atom is -0.496 e. The maximum atomic E-state index is 8.71. The summed E-state index contributed by atoms with van der Waals surface area (Å²) in [6.07, 6.45) is 1.60. The minimum atomic E-state index is -0.156. The summed E-state index contributed by atoms with van der Waals surface area (Å²) in [5.41, 5.74) is 3.57. The number of aromatic nitrogens is 3. The summed E-state index contributed by atoms with van der Waals surface area (Å²) in [4.78, 5) is 14.7. The quantitative estimate of drug-likeness (QED) is 0.564. The predicted octanol–water partition coefficient (Wildman–Crippen LogP) is 1.07. The SMILES string of the molecule is COc1ccccc1/C=N/Nc1nc(OCC#N)nc(N2CCOCC2)n1. The summed E-state index contributed by atoms with van der Waals surface area (Å²) < 4.78 is 15.9. The molecule has 10 heteroatoms. The van der Waals surface area contributed by atoms with Crippen LogP contribution in [0.1, 0.15) is 5.56 Å². The highest BCUT2D eigenvalue weighted by Crippen LogP contribution is 2.17. The first kappa shape index (κ1) is 18.3. The van der Waals surface area contributed by atoms with Gasteiger partial charge in [-0.15, -0.1) is 0 Å². The van der Waals surface area contributed by atoms with Gasteiger partial charge in [0.05, 0.1) is 26.5 Å². The van der Waals surface area contributed by atoms with E-state index in [0.717, 1.165) is 5.56 Å². The van der Waals surface area contributed by atoms with Gasteiger partial charge in [0.25, 0.3) is 5.95 Å². The van der Waals surface area contributed by atoms with Crippen LogP contribution < -0.4 is 19.8 Å². The Bertz CT molecular complexity index is 832. The molecule has 0 bridgehead atoms. The van der Waals surface area contributed by atoms with Gasteiger partial charge in [0, 0.05) is 18.7 Å². The standard InChI is InChI=1S/C17H19N7O3/c1-25-14-5-3-2-4-13(14)12-19-23-15-20-16(24-7-10-26-11-8-24)22-17(21-15)27-9-6-18/h2-5,12H,7-11H2,1H3,(H,20,21,22,23)/b19-12+. The smallest absolute Gasteiger partial charge is 0.324 e. The molecule has 140 valence electrons. The average molecular weight is 369 g/mol. The number of hydrazone groups is 1. The Kier molecular flexibility index (Phi) is 6.32. The van der Waals surface area contributed by atoms with Crippen molar-refractivity contribution in [2.45, 2.75) is 0 Å². The van der Waals surface area contributed by atoms with Crippen molar-refractivity contribution in [3.8, 4) is 17.8 Å². The number of nitrogens with one attached hydrogen (secondary N) is 1. The van der Waals surface area contributed by atoms with E-state index >= 15 is 0 Å². The summed E-state index contributed by atoms with van der Waals surface area (Å²) in [7, 11) is 1.60. The summed E-state index contributed by atoms with van der Waals surface area (Å²) in [5, 5.41) is 12.9. The molecule has 1 fully saturated rings. The fraction of sp³-hybridized carbons (Fsp3) is 0.353.